The molecule has 4 rings (SSSR count). The summed E-state index contributed by atoms with van der Waals surface area (Å²) in [5.74, 6) is 0.918. The SMILES string of the molecule is Cc1ccc([N+](=O)[O-])cc1-n1nc(-c2ccc(Cl)cc2)c2c1NCCCC2. The minimum Gasteiger partial charge on any atom is -0.370 e. The number of nitrogens with zero attached hydrogens (tertiary/aromatic N) is 3. The number of hydrogen-bond acceptors (Lipinski definition) is 4. The van der Waals surface area contributed by atoms with Gasteiger partial charge < -0.3 is 5.32 Å². The van der Waals surface area contributed by atoms with Crippen LogP contribution in [0.2, 0.25) is 5.02 Å². The zero-order chi connectivity index (χ0) is 19.0. The van der Waals surface area contributed by atoms with E-state index in [2.05, 4.69) is 5.32 Å². The van der Waals surface area contributed by atoms with E-state index in [1.54, 1.807) is 12.1 Å². The van der Waals surface area contributed by atoms with Crippen molar-refractivity contribution in [1.29, 1.82) is 0 Å². The van der Waals surface area contributed by atoms with Gasteiger partial charge in [-0.05, 0) is 43.9 Å². The number of nitro benzene ring substituents is 1. The van der Waals surface area contributed by atoms with E-state index in [9.17, 15) is 10.1 Å². The molecule has 0 fully saturated rings. The molecule has 2 heterocycles. The highest BCUT2D eigenvalue weighted by atomic mass is 35.5. The van der Waals surface area contributed by atoms with E-state index >= 15 is 0 Å². The topological polar surface area (TPSA) is 73.0 Å². The second kappa shape index (κ2) is 7.04. The lowest BCUT2D eigenvalue weighted by Gasteiger charge is -2.11. The molecular formula is C20H19ClN4O2. The van der Waals surface area contributed by atoms with Crippen LogP contribution in [-0.4, -0.2) is 21.2 Å². The van der Waals surface area contributed by atoms with Gasteiger partial charge in [0.25, 0.3) is 5.69 Å². The molecule has 1 aliphatic rings. The Labute approximate surface area is 161 Å². The fraction of sp³-hybridized carbons (Fsp3) is 0.250. The first-order valence-electron chi connectivity index (χ1n) is 8.92. The fourth-order valence-corrected chi connectivity index (χ4v) is 3.58. The average molecular weight is 383 g/mol. The number of aryl methyl sites for hydroxylation is 1. The van der Waals surface area contributed by atoms with Gasteiger partial charge in [-0.15, -0.1) is 0 Å². The number of nitrogens with one attached hydrogen (secondary N) is 1. The minimum atomic E-state index is -0.376. The van der Waals surface area contributed by atoms with Gasteiger partial charge >= 0.3 is 0 Å². The maximum atomic E-state index is 11.2. The number of hydrogen-bond donors (Lipinski definition) is 1. The summed E-state index contributed by atoms with van der Waals surface area (Å²) in [6, 6.07) is 12.5. The maximum Gasteiger partial charge on any atom is 0.271 e. The number of fused-ring (bicyclic) bond motifs is 1. The lowest BCUT2D eigenvalue weighted by molar-refractivity contribution is -0.384. The van der Waals surface area contributed by atoms with Crippen LogP contribution in [0.25, 0.3) is 16.9 Å². The van der Waals surface area contributed by atoms with E-state index in [1.165, 1.54) is 6.07 Å². The van der Waals surface area contributed by atoms with Crippen molar-refractivity contribution in [3.8, 4) is 16.9 Å². The summed E-state index contributed by atoms with van der Waals surface area (Å²) in [5.41, 5.74) is 4.72. The number of anilines is 1. The third-order valence-electron chi connectivity index (χ3n) is 4.88. The number of nitro groups is 1. The Morgan fingerprint density at radius 3 is 2.70 bits per heavy atom. The summed E-state index contributed by atoms with van der Waals surface area (Å²) in [6.07, 6.45) is 3.05. The van der Waals surface area contributed by atoms with Gasteiger partial charge in [0.1, 0.15) is 5.82 Å². The van der Waals surface area contributed by atoms with Crippen molar-refractivity contribution in [3.05, 3.63) is 68.7 Å². The van der Waals surface area contributed by atoms with Crippen molar-refractivity contribution in [3.63, 3.8) is 0 Å². The highest BCUT2D eigenvalue weighted by Crippen LogP contribution is 2.35. The highest BCUT2D eigenvalue weighted by Gasteiger charge is 2.23. The molecule has 27 heavy (non-hydrogen) atoms. The van der Waals surface area contributed by atoms with E-state index in [-0.39, 0.29) is 10.6 Å². The first-order chi connectivity index (χ1) is 13.0. The normalized spacial score (nSPS) is 13.6. The molecule has 0 saturated carbocycles. The predicted molar refractivity (Wildman–Crippen MR) is 107 cm³/mol. The molecule has 1 N–H and O–H groups in total. The van der Waals surface area contributed by atoms with Crippen LogP contribution in [-0.2, 0) is 6.42 Å². The Morgan fingerprint density at radius 2 is 1.96 bits per heavy atom. The van der Waals surface area contributed by atoms with Crippen LogP contribution in [0.4, 0.5) is 11.5 Å². The molecule has 0 atom stereocenters. The van der Waals surface area contributed by atoms with Crippen molar-refractivity contribution < 1.29 is 4.92 Å². The minimum absolute atomic E-state index is 0.0570. The van der Waals surface area contributed by atoms with E-state index in [0.29, 0.717) is 5.02 Å². The van der Waals surface area contributed by atoms with Crippen molar-refractivity contribution in [1.82, 2.24) is 9.78 Å². The Balaban J connectivity index is 1.93. The summed E-state index contributed by atoms with van der Waals surface area (Å²) in [6.45, 7) is 2.79. The molecule has 0 unspecified atom stereocenters. The molecule has 0 saturated heterocycles. The van der Waals surface area contributed by atoms with Gasteiger partial charge in [0, 0.05) is 34.8 Å². The van der Waals surface area contributed by atoms with Crippen molar-refractivity contribution in [2.24, 2.45) is 0 Å². The zero-order valence-electron chi connectivity index (χ0n) is 14.9. The van der Waals surface area contributed by atoms with Crippen LogP contribution in [0.3, 0.4) is 0 Å². The molecule has 138 valence electrons. The van der Waals surface area contributed by atoms with E-state index in [4.69, 9.17) is 16.7 Å². The van der Waals surface area contributed by atoms with Crippen LogP contribution in [0, 0.1) is 17.0 Å². The molecule has 1 aromatic heterocycles. The van der Waals surface area contributed by atoms with E-state index in [1.807, 2.05) is 35.9 Å². The van der Waals surface area contributed by atoms with E-state index in [0.717, 1.165) is 59.7 Å². The standard InChI is InChI=1S/C20H19ClN4O2/c1-13-5-10-16(25(26)27)12-18(13)24-20-17(4-2-3-11-22-20)19(23-24)14-6-8-15(21)9-7-14/h5-10,12,22H,2-4,11H2,1H3. The summed E-state index contributed by atoms with van der Waals surface area (Å²) in [4.78, 5) is 10.9. The zero-order valence-corrected chi connectivity index (χ0v) is 15.7. The average Bonchev–Trinajstić information content (AvgIpc) is 2.84. The number of benzene rings is 2. The van der Waals surface area contributed by atoms with Crippen LogP contribution in [0.1, 0.15) is 24.0 Å². The van der Waals surface area contributed by atoms with Crippen LogP contribution < -0.4 is 5.32 Å². The van der Waals surface area contributed by atoms with Crippen LogP contribution >= 0.6 is 11.6 Å². The van der Waals surface area contributed by atoms with Gasteiger partial charge in [-0.2, -0.15) is 5.10 Å². The van der Waals surface area contributed by atoms with Gasteiger partial charge in [0.05, 0.1) is 16.3 Å². The molecule has 1 aliphatic heterocycles. The highest BCUT2D eigenvalue weighted by molar-refractivity contribution is 6.30. The number of halogens is 1. The molecular weight excluding hydrogens is 364 g/mol. The smallest absolute Gasteiger partial charge is 0.271 e. The molecule has 3 aromatic rings. The Bertz CT molecular complexity index is 1010. The first-order valence-corrected chi connectivity index (χ1v) is 9.29. The van der Waals surface area contributed by atoms with Gasteiger partial charge in [0.15, 0.2) is 0 Å². The van der Waals surface area contributed by atoms with Crippen molar-refractivity contribution in [2.75, 3.05) is 11.9 Å². The maximum absolute atomic E-state index is 11.2. The summed E-state index contributed by atoms with van der Waals surface area (Å²) in [7, 11) is 0. The van der Waals surface area contributed by atoms with Gasteiger partial charge in [-0.3, -0.25) is 10.1 Å². The third-order valence-corrected chi connectivity index (χ3v) is 5.13. The van der Waals surface area contributed by atoms with Gasteiger partial charge in [-0.1, -0.05) is 29.8 Å². The van der Waals surface area contributed by atoms with Gasteiger partial charge in [0.2, 0.25) is 0 Å². The van der Waals surface area contributed by atoms with Crippen molar-refractivity contribution >= 4 is 23.1 Å². The molecule has 2 aromatic carbocycles. The second-order valence-corrected chi connectivity index (χ2v) is 7.14. The summed E-state index contributed by atoms with van der Waals surface area (Å²) in [5, 5.41) is 20.3. The summed E-state index contributed by atoms with van der Waals surface area (Å²) < 4.78 is 1.81. The lowest BCUT2D eigenvalue weighted by atomic mass is 10.0. The largest absolute Gasteiger partial charge is 0.370 e. The lowest BCUT2D eigenvalue weighted by Crippen LogP contribution is -2.08. The van der Waals surface area contributed by atoms with Gasteiger partial charge in [-0.25, -0.2) is 4.68 Å². The Kier molecular flexibility index (Phi) is 4.58. The number of aromatic nitrogens is 2. The van der Waals surface area contributed by atoms with E-state index < -0.39 is 0 Å². The summed E-state index contributed by atoms with van der Waals surface area (Å²) >= 11 is 6.04. The molecule has 6 nitrogen and oxygen atoms in total. The quantitative estimate of drug-likeness (QED) is 0.501. The van der Waals surface area contributed by atoms with Crippen molar-refractivity contribution in [2.45, 2.75) is 26.2 Å². The third kappa shape index (κ3) is 3.28. The predicted octanol–water partition coefficient (Wildman–Crippen LogP) is 5.16. The Hall–Kier alpha value is -2.86. The molecule has 0 radical (unpaired) electrons. The van der Waals surface area contributed by atoms with Crippen LogP contribution in [0.5, 0.6) is 0 Å². The molecule has 0 bridgehead atoms. The first kappa shape index (κ1) is 17.5. The second-order valence-electron chi connectivity index (χ2n) is 6.71. The number of non-ortho nitro benzene ring substituents is 1. The fourth-order valence-electron chi connectivity index (χ4n) is 3.46. The van der Waals surface area contributed by atoms with Crippen LogP contribution in [0.15, 0.2) is 42.5 Å². The Morgan fingerprint density at radius 1 is 1.19 bits per heavy atom. The monoisotopic (exact) mass is 382 g/mol. The molecule has 7 heteroatoms. The number of rotatable bonds is 3. The molecule has 0 aliphatic carbocycles. The molecule has 0 spiro atoms. The molecule has 0 amide bonds.